The minimum Gasteiger partial charge on any atom is -0.300 e. The molecule has 1 aliphatic heterocycles. The molecule has 3 atom stereocenters. The summed E-state index contributed by atoms with van der Waals surface area (Å²) in [5, 5.41) is 0. The molecule has 2 fully saturated rings. The molecule has 2 rings (SSSR count). The number of hydrogen-bond acceptors (Lipinski definition) is 1. The highest BCUT2D eigenvalue weighted by Gasteiger charge is 2.46. The van der Waals surface area contributed by atoms with E-state index in [1.807, 2.05) is 0 Å². The third-order valence-electron chi connectivity index (χ3n) is 3.43. The lowest BCUT2D eigenvalue weighted by molar-refractivity contribution is 0.139. The van der Waals surface area contributed by atoms with Gasteiger partial charge in [-0.1, -0.05) is 6.92 Å². The van der Waals surface area contributed by atoms with Gasteiger partial charge in [-0.15, -0.1) is 0 Å². The first-order valence-corrected chi connectivity index (χ1v) is 4.92. The van der Waals surface area contributed by atoms with Gasteiger partial charge in [0.2, 0.25) is 0 Å². The molecule has 0 spiro atoms. The largest absolute Gasteiger partial charge is 0.300 e. The van der Waals surface area contributed by atoms with E-state index < -0.39 is 0 Å². The van der Waals surface area contributed by atoms with E-state index in [1.54, 1.807) is 0 Å². The van der Waals surface area contributed by atoms with E-state index in [-0.39, 0.29) is 0 Å². The Labute approximate surface area is 69.8 Å². The highest BCUT2D eigenvalue weighted by atomic mass is 15.2. The molecule has 0 amide bonds. The molecule has 2 unspecified atom stereocenters. The van der Waals surface area contributed by atoms with Crippen LogP contribution in [0.4, 0.5) is 0 Å². The van der Waals surface area contributed by atoms with Gasteiger partial charge in [0.05, 0.1) is 0 Å². The van der Waals surface area contributed by atoms with Crippen molar-refractivity contribution in [3.05, 3.63) is 0 Å². The zero-order chi connectivity index (χ0) is 8.01. The van der Waals surface area contributed by atoms with Crippen LogP contribution in [-0.4, -0.2) is 24.0 Å². The first-order chi connectivity index (χ1) is 5.18. The van der Waals surface area contributed by atoms with Crippen LogP contribution < -0.4 is 0 Å². The fraction of sp³-hybridized carbons (Fsp3) is 1.00. The van der Waals surface area contributed by atoms with Crippen molar-refractivity contribution in [2.45, 2.75) is 33.2 Å². The van der Waals surface area contributed by atoms with Gasteiger partial charge in [-0.25, -0.2) is 0 Å². The smallest absolute Gasteiger partial charge is 0.00388 e. The van der Waals surface area contributed by atoms with Crippen LogP contribution in [0.2, 0.25) is 0 Å². The van der Waals surface area contributed by atoms with Crippen LogP contribution in [0.5, 0.6) is 0 Å². The predicted octanol–water partition coefficient (Wildman–Crippen LogP) is 1.98. The SMILES string of the molecule is CC(C)N1CC2CC2[C@H](C)C1. The van der Waals surface area contributed by atoms with Crippen molar-refractivity contribution in [1.82, 2.24) is 4.90 Å². The van der Waals surface area contributed by atoms with E-state index in [1.165, 1.54) is 19.5 Å². The summed E-state index contributed by atoms with van der Waals surface area (Å²) in [5.74, 6) is 3.14. The summed E-state index contributed by atoms with van der Waals surface area (Å²) in [6, 6.07) is 0.763. The van der Waals surface area contributed by atoms with Gasteiger partial charge in [0.1, 0.15) is 0 Å². The van der Waals surface area contributed by atoms with Crippen molar-refractivity contribution in [2.75, 3.05) is 13.1 Å². The Bertz CT molecular complexity index is 153. The van der Waals surface area contributed by atoms with E-state index in [0.29, 0.717) is 0 Å². The lowest BCUT2D eigenvalue weighted by Gasteiger charge is -2.33. The molecule has 0 N–H and O–H groups in total. The Balaban J connectivity index is 1.95. The average molecular weight is 153 g/mol. The second-order valence-corrected chi connectivity index (χ2v) is 4.68. The molecule has 1 saturated heterocycles. The summed E-state index contributed by atoms with van der Waals surface area (Å²) in [6.07, 6.45) is 1.52. The Morgan fingerprint density at radius 3 is 2.55 bits per heavy atom. The van der Waals surface area contributed by atoms with Gasteiger partial charge < -0.3 is 4.90 Å². The molecule has 0 aromatic rings. The van der Waals surface area contributed by atoms with Gasteiger partial charge in [-0.05, 0) is 38.0 Å². The monoisotopic (exact) mass is 153 g/mol. The summed E-state index contributed by atoms with van der Waals surface area (Å²) >= 11 is 0. The minimum atomic E-state index is 0.763. The minimum absolute atomic E-state index is 0.763. The van der Waals surface area contributed by atoms with Gasteiger partial charge in [-0.3, -0.25) is 0 Å². The number of nitrogens with zero attached hydrogens (tertiary/aromatic N) is 1. The van der Waals surface area contributed by atoms with E-state index >= 15 is 0 Å². The molecule has 1 heteroatoms. The topological polar surface area (TPSA) is 3.24 Å². The summed E-state index contributed by atoms with van der Waals surface area (Å²) < 4.78 is 0. The van der Waals surface area contributed by atoms with Gasteiger partial charge >= 0.3 is 0 Å². The van der Waals surface area contributed by atoms with Crippen LogP contribution in [0.25, 0.3) is 0 Å². The fourth-order valence-corrected chi connectivity index (χ4v) is 2.48. The molecule has 2 aliphatic rings. The Hall–Kier alpha value is -0.0400. The number of likely N-dealkylation sites (tertiary alicyclic amines) is 1. The first kappa shape index (κ1) is 7.60. The summed E-state index contributed by atoms with van der Waals surface area (Å²) in [5.41, 5.74) is 0. The number of rotatable bonds is 1. The number of hydrogen-bond donors (Lipinski definition) is 0. The van der Waals surface area contributed by atoms with E-state index in [2.05, 4.69) is 25.7 Å². The molecule has 0 radical (unpaired) electrons. The van der Waals surface area contributed by atoms with Crippen LogP contribution >= 0.6 is 0 Å². The molecular weight excluding hydrogens is 134 g/mol. The maximum absolute atomic E-state index is 2.64. The lowest BCUT2D eigenvalue weighted by atomic mass is 9.99. The van der Waals surface area contributed by atoms with Crippen molar-refractivity contribution < 1.29 is 0 Å². The van der Waals surface area contributed by atoms with E-state index in [4.69, 9.17) is 0 Å². The molecule has 64 valence electrons. The zero-order valence-electron chi connectivity index (χ0n) is 7.88. The van der Waals surface area contributed by atoms with Gasteiger partial charge in [0.25, 0.3) is 0 Å². The zero-order valence-corrected chi connectivity index (χ0v) is 7.88. The summed E-state index contributed by atoms with van der Waals surface area (Å²) in [7, 11) is 0. The summed E-state index contributed by atoms with van der Waals surface area (Å²) in [6.45, 7) is 9.77. The average Bonchev–Trinajstić information content (AvgIpc) is 2.66. The number of piperidine rings is 1. The third kappa shape index (κ3) is 1.31. The highest BCUT2D eigenvalue weighted by Crippen LogP contribution is 2.48. The maximum atomic E-state index is 2.64. The molecule has 1 saturated carbocycles. The Kier molecular flexibility index (Phi) is 1.71. The van der Waals surface area contributed by atoms with Gasteiger partial charge in [0, 0.05) is 19.1 Å². The molecule has 1 heterocycles. The van der Waals surface area contributed by atoms with Crippen LogP contribution in [0.15, 0.2) is 0 Å². The van der Waals surface area contributed by atoms with E-state index in [0.717, 1.165) is 23.8 Å². The van der Waals surface area contributed by atoms with Crippen LogP contribution in [-0.2, 0) is 0 Å². The quantitative estimate of drug-likeness (QED) is 0.557. The summed E-state index contributed by atoms with van der Waals surface area (Å²) in [4.78, 5) is 2.64. The Morgan fingerprint density at radius 1 is 1.27 bits per heavy atom. The van der Waals surface area contributed by atoms with Crippen molar-refractivity contribution in [3.8, 4) is 0 Å². The molecule has 0 aromatic carbocycles. The van der Waals surface area contributed by atoms with Crippen molar-refractivity contribution >= 4 is 0 Å². The van der Waals surface area contributed by atoms with Gasteiger partial charge in [-0.2, -0.15) is 0 Å². The third-order valence-corrected chi connectivity index (χ3v) is 3.43. The van der Waals surface area contributed by atoms with Gasteiger partial charge in [0.15, 0.2) is 0 Å². The van der Waals surface area contributed by atoms with Crippen LogP contribution in [0, 0.1) is 17.8 Å². The lowest BCUT2D eigenvalue weighted by Crippen LogP contribution is -2.40. The fourth-order valence-electron chi connectivity index (χ4n) is 2.48. The standard InChI is InChI=1S/C10H19N/c1-7(2)11-5-8(3)10-4-9(10)6-11/h7-10H,4-6H2,1-3H3/t8-,9?,10?/m1/s1. The molecule has 0 aromatic heterocycles. The van der Waals surface area contributed by atoms with Crippen molar-refractivity contribution in [3.63, 3.8) is 0 Å². The second kappa shape index (κ2) is 2.48. The normalized spacial score (nSPS) is 44.2. The molecule has 0 bridgehead atoms. The highest BCUT2D eigenvalue weighted by molar-refractivity contribution is 4.97. The van der Waals surface area contributed by atoms with E-state index in [9.17, 15) is 0 Å². The number of fused-ring (bicyclic) bond motifs is 1. The molecule has 1 nitrogen and oxygen atoms in total. The van der Waals surface area contributed by atoms with Crippen LogP contribution in [0.1, 0.15) is 27.2 Å². The van der Waals surface area contributed by atoms with Crippen molar-refractivity contribution in [1.29, 1.82) is 0 Å². The molecule has 11 heavy (non-hydrogen) atoms. The first-order valence-electron chi connectivity index (χ1n) is 4.92. The second-order valence-electron chi connectivity index (χ2n) is 4.68. The van der Waals surface area contributed by atoms with Crippen molar-refractivity contribution in [2.24, 2.45) is 17.8 Å². The predicted molar refractivity (Wildman–Crippen MR) is 47.5 cm³/mol. The molecular formula is C10H19N. The molecule has 1 aliphatic carbocycles. The maximum Gasteiger partial charge on any atom is 0.00388 e. The Morgan fingerprint density at radius 2 is 2.00 bits per heavy atom. The van der Waals surface area contributed by atoms with Crippen LogP contribution in [0.3, 0.4) is 0 Å².